The lowest BCUT2D eigenvalue weighted by molar-refractivity contribution is -0.120. The largest absolute Gasteiger partial charge is 0.328 e. The van der Waals surface area contributed by atoms with Crippen LogP contribution in [0.4, 0.5) is 10.5 Å². The number of rotatable bonds is 2. The first-order valence-corrected chi connectivity index (χ1v) is 8.06. The van der Waals surface area contributed by atoms with E-state index in [0.29, 0.717) is 35.0 Å². The van der Waals surface area contributed by atoms with Gasteiger partial charge in [-0.2, -0.15) is 0 Å². The van der Waals surface area contributed by atoms with E-state index in [2.05, 4.69) is 16.7 Å². The fourth-order valence-electron chi connectivity index (χ4n) is 3.83. The Morgan fingerprint density at radius 3 is 2.64 bits per heavy atom. The summed E-state index contributed by atoms with van der Waals surface area (Å²) in [5, 5.41) is 6.33. The van der Waals surface area contributed by atoms with Crippen molar-refractivity contribution in [3.63, 3.8) is 0 Å². The van der Waals surface area contributed by atoms with Crippen LogP contribution in [0.5, 0.6) is 0 Å². The van der Waals surface area contributed by atoms with Crippen molar-refractivity contribution in [3.8, 4) is 0 Å². The van der Waals surface area contributed by atoms with E-state index in [0.717, 1.165) is 31.5 Å². The number of amides is 3. The van der Waals surface area contributed by atoms with Crippen LogP contribution in [0.2, 0.25) is 5.02 Å². The van der Waals surface area contributed by atoms with Crippen molar-refractivity contribution < 1.29 is 9.59 Å². The number of anilines is 1. The molecule has 1 saturated carbocycles. The number of nitrogens with zero attached hydrogens (tertiary/aromatic N) is 1. The topological polar surface area (TPSA) is 61.4 Å². The normalized spacial score (nSPS) is 24.0. The molecule has 2 aliphatic heterocycles. The summed E-state index contributed by atoms with van der Waals surface area (Å²) in [6, 6.07) is 5.47. The Morgan fingerprint density at radius 1 is 1.23 bits per heavy atom. The van der Waals surface area contributed by atoms with Gasteiger partial charge < -0.3 is 5.32 Å². The molecule has 1 aliphatic carbocycles. The van der Waals surface area contributed by atoms with Crippen LogP contribution in [0, 0.1) is 5.41 Å². The van der Waals surface area contributed by atoms with E-state index in [1.54, 1.807) is 4.90 Å². The maximum Gasteiger partial charge on any atom is 0.328 e. The molecule has 2 N–H and O–H groups in total. The minimum absolute atomic E-state index is 0.230. The Labute approximate surface area is 134 Å². The van der Waals surface area contributed by atoms with Crippen molar-refractivity contribution in [3.05, 3.63) is 28.8 Å². The molecule has 1 spiro atoms. The number of carbonyl (C=O) groups is 2. The van der Waals surface area contributed by atoms with Crippen LogP contribution < -0.4 is 15.5 Å². The summed E-state index contributed by atoms with van der Waals surface area (Å²) in [4.78, 5) is 24.8. The highest BCUT2D eigenvalue weighted by Crippen LogP contribution is 2.55. The molecule has 3 aliphatic rings. The lowest BCUT2D eigenvalue weighted by Crippen LogP contribution is -2.59. The van der Waals surface area contributed by atoms with Crippen molar-refractivity contribution >= 4 is 29.2 Å². The Kier molecular flexibility index (Phi) is 3.16. The van der Waals surface area contributed by atoms with Gasteiger partial charge in [-0.1, -0.05) is 23.7 Å². The van der Waals surface area contributed by atoms with Gasteiger partial charge in [-0.05, 0) is 35.8 Å². The van der Waals surface area contributed by atoms with Crippen LogP contribution in [-0.2, 0) is 4.79 Å². The zero-order valence-corrected chi connectivity index (χ0v) is 12.9. The van der Waals surface area contributed by atoms with E-state index in [9.17, 15) is 9.59 Å². The van der Waals surface area contributed by atoms with Crippen LogP contribution in [0.1, 0.15) is 30.7 Å². The Bertz CT molecular complexity index is 649. The molecule has 0 bridgehead atoms. The Balaban J connectivity index is 1.58. The molecule has 2 heterocycles. The number of halogens is 1. The second-order valence-electron chi connectivity index (χ2n) is 6.64. The maximum atomic E-state index is 12.0. The van der Waals surface area contributed by atoms with Crippen LogP contribution in [-0.4, -0.2) is 31.6 Å². The molecule has 0 unspecified atom stereocenters. The van der Waals surface area contributed by atoms with Gasteiger partial charge in [0, 0.05) is 26.1 Å². The molecule has 6 heteroatoms. The third-order valence-corrected chi connectivity index (χ3v) is 5.56. The molecular formula is C16H18ClN3O2. The standard InChI is InChI=1S/C16H18ClN3O2/c17-14-11(10-6-16(7-10)8-18-9-16)2-1-3-12(14)20-5-4-13(21)19-15(20)22/h1-3,10,18H,4-9H2,(H,19,21,22). The van der Waals surface area contributed by atoms with Gasteiger partial charge in [0.2, 0.25) is 5.91 Å². The summed E-state index contributed by atoms with van der Waals surface area (Å²) in [7, 11) is 0. The van der Waals surface area contributed by atoms with Crippen molar-refractivity contribution in [1.29, 1.82) is 0 Å². The second kappa shape index (κ2) is 4.96. The van der Waals surface area contributed by atoms with Gasteiger partial charge >= 0.3 is 6.03 Å². The second-order valence-corrected chi connectivity index (χ2v) is 7.02. The predicted octanol–water partition coefficient (Wildman–Crippen LogP) is 2.25. The SMILES string of the molecule is O=C1CCN(c2cccc(C3CC4(CNC4)C3)c2Cl)C(=O)N1. The number of hydrogen-bond acceptors (Lipinski definition) is 3. The van der Waals surface area contributed by atoms with Crippen molar-refractivity contribution in [1.82, 2.24) is 10.6 Å². The number of imide groups is 1. The molecule has 4 rings (SSSR count). The van der Waals surface area contributed by atoms with Gasteiger partial charge in [0.1, 0.15) is 0 Å². The molecule has 0 atom stereocenters. The molecule has 3 fully saturated rings. The van der Waals surface area contributed by atoms with Gasteiger partial charge in [0.15, 0.2) is 0 Å². The first-order valence-electron chi connectivity index (χ1n) is 7.68. The lowest BCUT2D eigenvalue weighted by atomic mass is 9.57. The van der Waals surface area contributed by atoms with Crippen molar-refractivity contribution in [2.24, 2.45) is 5.41 Å². The molecule has 0 radical (unpaired) electrons. The minimum atomic E-state index is -0.386. The number of nitrogens with one attached hydrogen (secondary N) is 2. The van der Waals surface area contributed by atoms with Gasteiger partial charge in [-0.3, -0.25) is 15.0 Å². The first kappa shape index (κ1) is 14.0. The van der Waals surface area contributed by atoms with Crippen LogP contribution >= 0.6 is 11.6 Å². The highest BCUT2D eigenvalue weighted by atomic mass is 35.5. The lowest BCUT2D eigenvalue weighted by Gasteiger charge is -2.55. The summed E-state index contributed by atoms with van der Waals surface area (Å²) in [6.45, 7) is 2.60. The van der Waals surface area contributed by atoms with E-state index in [4.69, 9.17) is 11.6 Å². The summed E-state index contributed by atoms with van der Waals surface area (Å²) in [5.74, 6) is 0.246. The number of urea groups is 1. The molecular weight excluding hydrogens is 302 g/mol. The Hall–Kier alpha value is -1.59. The van der Waals surface area contributed by atoms with E-state index < -0.39 is 0 Å². The number of benzene rings is 1. The van der Waals surface area contributed by atoms with Crippen molar-refractivity contribution in [2.75, 3.05) is 24.5 Å². The molecule has 0 aromatic heterocycles. The summed E-state index contributed by atoms with van der Waals surface area (Å²) in [5.41, 5.74) is 2.32. The third-order valence-electron chi connectivity index (χ3n) is 5.15. The average Bonchev–Trinajstić information content (AvgIpc) is 2.38. The monoisotopic (exact) mass is 319 g/mol. The molecule has 22 heavy (non-hydrogen) atoms. The summed E-state index contributed by atoms with van der Waals surface area (Å²) in [6.07, 6.45) is 2.63. The van der Waals surface area contributed by atoms with Crippen molar-refractivity contribution in [2.45, 2.75) is 25.2 Å². The Morgan fingerprint density at radius 2 is 2.00 bits per heavy atom. The fraction of sp³-hybridized carbons (Fsp3) is 0.500. The van der Waals surface area contributed by atoms with Gasteiger partial charge in [0.05, 0.1) is 10.7 Å². The molecule has 1 aromatic carbocycles. The highest BCUT2D eigenvalue weighted by Gasteiger charge is 2.49. The molecule has 116 valence electrons. The first-order chi connectivity index (χ1) is 10.6. The van der Waals surface area contributed by atoms with Gasteiger partial charge in [0.25, 0.3) is 0 Å². The van der Waals surface area contributed by atoms with E-state index in [-0.39, 0.29) is 11.9 Å². The molecule has 1 aromatic rings. The third kappa shape index (κ3) is 2.11. The highest BCUT2D eigenvalue weighted by molar-refractivity contribution is 6.34. The smallest absolute Gasteiger partial charge is 0.316 e. The minimum Gasteiger partial charge on any atom is -0.316 e. The predicted molar refractivity (Wildman–Crippen MR) is 84.2 cm³/mol. The molecule has 3 amide bonds. The molecule has 2 saturated heterocycles. The van der Waals surface area contributed by atoms with Gasteiger partial charge in [-0.25, -0.2) is 4.79 Å². The quantitative estimate of drug-likeness (QED) is 0.879. The zero-order chi connectivity index (χ0) is 15.3. The van der Waals surface area contributed by atoms with Crippen LogP contribution in [0.25, 0.3) is 0 Å². The zero-order valence-electron chi connectivity index (χ0n) is 12.2. The number of hydrogen-bond donors (Lipinski definition) is 2. The summed E-state index contributed by atoms with van der Waals surface area (Å²) >= 11 is 6.58. The van der Waals surface area contributed by atoms with E-state index >= 15 is 0 Å². The number of carbonyl (C=O) groups excluding carboxylic acids is 2. The molecule has 5 nitrogen and oxygen atoms in total. The maximum absolute atomic E-state index is 12.0. The fourth-order valence-corrected chi connectivity index (χ4v) is 4.21. The van der Waals surface area contributed by atoms with E-state index in [1.807, 2.05) is 12.1 Å². The average molecular weight is 320 g/mol. The van der Waals surface area contributed by atoms with Crippen LogP contribution in [0.15, 0.2) is 18.2 Å². The van der Waals surface area contributed by atoms with E-state index in [1.165, 1.54) is 0 Å². The van der Waals surface area contributed by atoms with Gasteiger partial charge in [-0.15, -0.1) is 0 Å². The summed E-state index contributed by atoms with van der Waals surface area (Å²) < 4.78 is 0. The van der Waals surface area contributed by atoms with Crippen LogP contribution in [0.3, 0.4) is 0 Å².